The Morgan fingerprint density at radius 2 is 2.36 bits per heavy atom. The summed E-state index contributed by atoms with van der Waals surface area (Å²) < 4.78 is 0.691. The van der Waals surface area contributed by atoms with E-state index in [1.54, 1.807) is 6.07 Å². The summed E-state index contributed by atoms with van der Waals surface area (Å²) in [5.41, 5.74) is 5.11. The normalized spacial score (nSPS) is 9.50. The lowest BCUT2D eigenvalue weighted by atomic mass is 10.5. The molecule has 1 heterocycles. The van der Waals surface area contributed by atoms with Crippen LogP contribution in [-0.4, -0.2) is 11.1 Å². The van der Waals surface area contributed by atoms with E-state index in [1.165, 1.54) is 11.3 Å². The van der Waals surface area contributed by atoms with E-state index in [9.17, 15) is 4.79 Å². The minimum atomic E-state index is -0.415. The zero-order valence-electron chi connectivity index (χ0n) is 7.04. The van der Waals surface area contributed by atoms with E-state index in [4.69, 9.17) is 17.3 Å². The Kier molecular flexibility index (Phi) is 4.12. The van der Waals surface area contributed by atoms with E-state index < -0.39 is 6.03 Å². The number of nitrogens with two attached hydrogens (primary N) is 1. The van der Waals surface area contributed by atoms with Crippen molar-refractivity contribution in [2.45, 2.75) is 6.54 Å². The molecule has 7 heteroatoms. The fourth-order valence-corrected chi connectivity index (χ4v) is 1.89. The fraction of sp³-hybridized carbons (Fsp3) is 0.143. The highest BCUT2D eigenvalue weighted by Gasteiger charge is 2.02. The molecule has 4 N–H and O–H groups in total. The predicted octanol–water partition coefficient (Wildman–Crippen LogP) is 1.44. The van der Waals surface area contributed by atoms with Crippen molar-refractivity contribution in [2.24, 2.45) is 5.73 Å². The summed E-state index contributed by atoms with van der Waals surface area (Å²) in [6, 6.07) is 3.20. The topological polar surface area (TPSA) is 67.1 Å². The molecule has 76 valence electrons. The van der Waals surface area contributed by atoms with Gasteiger partial charge in [0.25, 0.3) is 0 Å². The first-order chi connectivity index (χ1) is 6.58. The molecular weight excluding hydrogens is 242 g/mol. The number of halogens is 1. The number of carbonyl (C=O) groups excluding carboxylic acids is 1. The standard InChI is InChI=1S/C7H8ClN3OS2/c8-5-2-1-4(14-5)3-10-7(12)11-6(9)13/h1-2H,3H2,(H4,9,10,11,12,13). The number of amides is 2. The molecule has 0 saturated carbocycles. The summed E-state index contributed by atoms with van der Waals surface area (Å²) in [5.74, 6) is 0. The van der Waals surface area contributed by atoms with Crippen molar-refractivity contribution in [3.63, 3.8) is 0 Å². The van der Waals surface area contributed by atoms with E-state index in [0.29, 0.717) is 10.9 Å². The molecule has 0 unspecified atom stereocenters. The molecule has 0 aliphatic heterocycles. The van der Waals surface area contributed by atoms with Crippen LogP contribution in [0.15, 0.2) is 12.1 Å². The third kappa shape index (κ3) is 3.91. The smallest absolute Gasteiger partial charge is 0.321 e. The van der Waals surface area contributed by atoms with Crippen LogP contribution in [0.25, 0.3) is 0 Å². The third-order valence-electron chi connectivity index (χ3n) is 1.29. The van der Waals surface area contributed by atoms with Crippen LogP contribution in [-0.2, 0) is 6.54 Å². The van der Waals surface area contributed by atoms with Crippen LogP contribution >= 0.6 is 35.2 Å². The highest BCUT2D eigenvalue weighted by molar-refractivity contribution is 7.80. The van der Waals surface area contributed by atoms with E-state index in [0.717, 1.165) is 4.88 Å². The highest BCUT2D eigenvalue weighted by Crippen LogP contribution is 2.20. The number of thiocarbonyl (C=S) groups is 1. The first-order valence-corrected chi connectivity index (χ1v) is 5.26. The van der Waals surface area contributed by atoms with Gasteiger partial charge in [-0.15, -0.1) is 11.3 Å². The van der Waals surface area contributed by atoms with Gasteiger partial charge < -0.3 is 11.1 Å². The summed E-state index contributed by atoms with van der Waals surface area (Å²) in [7, 11) is 0. The van der Waals surface area contributed by atoms with E-state index >= 15 is 0 Å². The Balaban J connectivity index is 2.34. The van der Waals surface area contributed by atoms with Gasteiger partial charge in [0.15, 0.2) is 5.11 Å². The predicted molar refractivity (Wildman–Crippen MR) is 61.5 cm³/mol. The molecule has 14 heavy (non-hydrogen) atoms. The Hall–Kier alpha value is -0.850. The zero-order chi connectivity index (χ0) is 10.6. The molecule has 1 rings (SSSR count). The van der Waals surface area contributed by atoms with Gasteiger partial charge in [-0.1, -0.05) is 11.6 Å². The van der Waals surface area contributed by atoms with Crippen molar-refractivity contribution >= 4 is 46.3 Å². The van der Waals surface area contributed by atoms with Gasteiger partial charge in [-0.05, 0) is 24.4 Å². The quantitative estimate of drug-likeness (QED) is 0.695. The summed E-state index contributed by atoms with van der Waals surface area (Å²) in [4.78, 5) is 12.0. The summed E-state index contributed by atoms with van der Waals surface area (Å²) in [6.45, 7) is 0.409. The molecule has 0 radical (unpaired) electrons. The van der Waals surface area contributed by atoms with Gasteiger partial charge in [0.05, 0.1) is 10.9 Å². The number of thiophene rings is 1. The Morgan fingerprint density at radius 3 is 2.86 bits per heavy atom. The molecule has 1 aromatic rings. The second-order valence-electron chi connectivity index (χ2n) is 2.38. The van der Waals surface area contributed by atoms with Crippen LogP contribution in [0.3, 0.4) is 0 Å². The molecule has 0 bridgehead atoms. The lowest BCUT2D eigenvalue weighted by molar-refractivity contribution is 0.245. The minimum Gasteiger partial charge on any atom is -0.376 e. The number of rotatable bonds is 2. The number of urea groups is 1. The first kappa shape index (κ1) is 11.2. The fourth-order valence-electron chi connectivity index (χ4n) is 0.770. The van der Waals surface area contributed by atoms with E-state index in [1.807, 2.05) is 6.07 Å². The van der Waals surface area contributed by atoms with Gasteiger partial charge in [-0.3, -0.25) is 5.32 Å². The Labute approximate surface area is 95.4 Å². The Morgan fingerprint density at radius 1 is 1.64 bits per heavy atom. The molecule has 0 atom stereocenters. The van der Waals surface area contributed by atoms with Gasteiger partial charge in [-0.2, -0.15) is 0 Å². The van der Waals surface area contributed by atoms with Gasteiger partial charge in [0.1, 0.15) is 0 Å². The van der Waals surface area contributed by atoms with Crippen LogP contribution in [0.1, 0.15) is 4.88 Å². The number of carbonyl (C=O) groups is 1. The third-order valence-corrected chi connectivity index (χ3v) is 2.62. The molecule has 0 aliphatic carbocycles. The number of nitrogens with one attached hydrogen (secondary N) is 2. The van der Waals surface area contributed by atoms with Gasteiger partial charge in [0, 0.05) is 4.88 Å². The van der Waals surface area contributed by atoms with E-state index in [2.05, 4.69) is 22.9 Å². The molecule has 2 amide bonds. The van der Waals surface area contributed by atoms with Crippen LogP contribution in [0, 0.1) is 0 Å². The maximum atomic E-state index is 11.0. The summed E-state index contributed by atoms with van der Waals surface area (Å²) >= 11 is 11.6. The average molecular weight is 250 g/mol. The van der Waals surface area contributed by atoms with Crippen molar-refractivity contribution in [3.05, 3.63) is 21.3 Å². The van der Waals surface area contributed by atoms with Crippen molar-refractivity contribution in [2.75, 3.05) is 0 Å². The second-order valence-corrected chi connectivity index (χ2v) is 4.62. The molecule has 0 fully saturated rings. The molecule has 0 saturated heterocycles. The van der Waals surface area contributed by atoms with Crippen molar-refractivity contribution in [1.29, 1.82) is 0 Å². The maximum Gasteiger partial charge on any atom is 0.321 e. The van der Waals surface area contributed by atoms with Crippen LogP contribution < -0.4 is 16.4 Å². The molecule has 4 nitrogen and oxygen atoms in total. The second kappa shape index (κ2) is 5.14. The van der Waals surface area contributed by atoms with Crippen molar-refractivity contribution in [1.82, 2.24) is 10.6 Å². The first-order valence-electron chi connectivity index (χ1n) is 3.66. The van der Waals surface area contributed by atoms with Gasteiger partial charge >= 0.3 is 6.03 Å². The molecule has 0 spiro atoms. The molecule has 1 aromatic heterocycles. The number of hydrogen-bond donors (Lipinski definition) is 3. The zero-order valence-corrected chi connectivity index (χ0v) is 9.43. The lowest BCUT2D eigenvalue weighted by Crippen LogP contribution is -2.41. The largest absolute Gasteiger partial charge is 0.376 e. The van der Waals surface area contributed by atoms with E-state index in [-0.39, 0.29) is 5.11 Å². The van der Waals surface area contributed by atoms with Crippen molar-refractivity contribution in [3.8, 4) is 0 Å². The number of hydrogen-bond acceptors (Lipinski definition) is 3. The Bertz CT molecular complexity index is 352. The van der Waals surface area contributed by atoms with Crippen LogP contribution in [0.5, 0.6) is 0 Å². The van der Waals surface area contributed by atoms with Gasteiger partial charge in [0.2, 0.25) is 0 Å². The summed E-state index contributed by atoms with van der Waals surface area (Å²) in [5, 5.41) is 4.78. The molecular formula is C7H8ClN3OS2. The highest BCUT2D eigenvalue weighted by atomic mass is 35.5. The SMILES string of the molecule is NC(=S)NC(=O)NCc1ccc(Cl)s1. The minimum absolute atomic E-state index is 0.0493. The lowest BCUT2D eigenvalue weighted by Gasteiger charge is -2.03. The molecule has 0 aromatic carbocycles. The van der Waals surface area contributed by atoms with Gasteiger partial charge in [-0.25, -0.2) is 4.79 Å². The maximum absolute atomic E-state index is 11.0. The van der Waals surface area contributed by atoms with Crippen molar-refractivity contribution < 1.29 is 4.79 Å². The monoisotopic (exact) mass is 249 g/mol. The molecule has 0 aliphatic rings. The summed E-state index contributed by atoms with van der Waals surface area (Å²) in [6.07, 6.45) is 0. The van der Waals surface area contributed by atoms with Crippen LogP contribution in [0.2, 0.25) is 4.34 Å². The van der Waals surface area contributed by atoms with Crippen LogP contribution in [0.4, 0.5) is 4.79 Å². The average Bonchev–Trinajstić information content (AvgIpc) is 2.47.